The van der Waals surface area contributed by atoms with Gasteiger partial charge in [0.1, 0.15) is 6.54 Å². The highest BCUT2D eigenvalue weighted by Crippen LogP contribution is 2.52. The van der Waals surface area contributed by atoms with Crippen LogP contribution in [0.15, 0.2) is 4.79 Å². The van der Waals surface area contributed by atoms with E-state index in [0.717, 1.165) is 17.1 Å². The standard InChI is InChI=1S/C17H26N2O2S/c1-11(2)15-17(7-5-6-8-17)10-19(15)14(20)9-18-12(3)13(4)22-16(18)21/h11,15H,5-10H2,1-4H3. The zero-order valence-electron chi connectivity index (χ0n) is 14.0. The molecule has 122 valence electrons. The van der Waals surface area contributed by atoms with Gasteiger partial charge in [-0.25, -0.2) is 0 Å². The molecule has 2 heterocycles. The molecule has 3 rings (SSSR count). The van der Waals surface area contributed by atoms with Crippen molar-refractivity contribution in [1.29, 1.82) is 0 Å². The Balaban J connectivity index is 1.77. The van der Waals surface area contributed by atoms with Crippen LogP contribution in [0.5, 0.6) is 0 Å². The zero-order valence-corrected chi connectivity index (χ0v) is 14.8. The third-order valence-corrected chi connectivity index (χ3v) is 6.66. The van der Waals surface area contributed by atoms with Crippen LogP contribution in [0.2, 0.25) is 0 Å². The molecule has 0 bridgehead atoms. The van der Waals surface area contributed by atoms with Crippen molar-refractivity contribution in [2.75, 3.05) is 6.54 Å². The van der Waals surface area contributed by atoms with Gasteiger partial charge in [-0.2, -0.15) is 0 Å². The topological polar surface area (TPSA) is 42.3 Å². The van der Waals surface area contributed by atoms with Crippen LogP contribution in [0.3, 0.4) is 0 Å². The Hall–Kier alpha value is -1.10. The van der Waals surface area contributed by atoms with Gasteiger partial charge in [0.15, 0.2) is 0 Å². The highest BCUT2D eigenvalue weighted by molar-refractivity contribution is 7.09. The van der Waals surface area contributed by atoms with Gasteiger partial charge in [-0.3, -0.25) is 14.2 Å². The molecule has 1 saturated carbocycles. The zero-order chi connectivity index (χ0) is 16.1. The SMILES string of the molecule is Cc1sc(=O)n(CC(=O)N2CC3(CCCC3)C2C(C)C)c1C. The van der Waals surface area contributed by atoms with E-state index in [1.54, 1.807) is 4.57 Å². The maximum Gasteiger partial charge on any atom is 0.308 e. The van der Waals surface area contributed by atoms with Gasteiger partial charge in [-0.15, -0.1) is 0 Å². The van der Waals surface area contributed by atoms with Crippen molar-refractivity contribution < 1.29 is 4.79 Å². The number of carbonyl (C=O) groups is 1. The molecular weight excluding hydrogens is 296 g/mol. The second-order valence-corrected chi connectivity index (χ2v) is 8.54. The van der Waals surface area contributed by atoms with Crippen LogP contribution in [-0.4, -0.2) is 28.0 Å². The monoisotopic (exact) mass is 322 g/mol. The minimum absolute atomic E-state index is 0.0134. The molecule has 5 heteroatoms. The Labute approximate surface area is 136 Å². The van der Waals surface area contributed by atoms with Crippen molar-refractivity contribution in [2.24, 2.45) is 11.3 Å². The summed E-state index contributed by atoms with van der Waals surface area (Å²) in [5, 5.41) is 0. The number of nitrogens with zero attached hydrogens (tertiary/aromatic N) is 2. The van der Waals surface area contributed by atoms with Gasteiger partial charge in [0.05, 0.1) is 0 Å². The van der Waals surface area contributed by atoms with Gasteiger partial charge in [0.25, 0.3) is 0 Å². The molecule has 1 spiro atoms. The van der Waals surface area contributed by atoms with E-state index in [2.05, 4.69) is 13.8 Å². The van der Waals surface area contributed by atoms with E-state index in [-0.39, 0.29) is 17.3 Å². The number of hydrogen-bond donors (Lipinski definition) is 0. The van der Waals surface area contributed by atoms with Crippen LogP contribution in [0.25, 0.3) is 0 Å². The van der Waals surface area contributed by atoms with Crippen molar-refractivity contribution >= 4 is 17.2 Å². The summed E-state index contributed by atoms with van der Waals surface area (Å²) >= 11 is 1.24. The molecule has 1 aromatic heterocycles. The first-order chi connectivity index (χ1) is 10.4. The van der Waals surface area contributed by atoms with E-state index >= 15 is 0 Å². The van der Waals surface area contributed by atoms with Crippen LogP contribution in [0.1, 0.15) is 50.1 Å². The van der Waals surface area contributed by atoms with E-state index < -0.39 is 0 Å². The Kier molecular flexibility index (Phi) is 3.96. The smallest absolute Gasteiger partial charge is 0.308 e. The molecule has 1 amide bonds. The fourth-order valence-corrected chi connectivity index (χ4v) is 5.42. The molecule has 2 aliphatic rings. The largest absolute Gasteiger partial charge is 0.337 e. The van der Waals surface area contributed by atoms with Crippen LogP contribution >= 0.6 is 11.3 Å². The van der Waals surface area contributed by atoms with Crippen molar-refractivity contribution in [3.05, 3.63) is 20.2 Å². The molecule has 1 aliphatic heterocycles. The van der Waals surface area contributed by atoms with Crippen molar-refractivity contribution in [2.45, 2.75) is 66.0 Å². The third-order valence-electron chi connectivity index (χ3n) is 5.67. The van der Waals surface area contributed by atoms with Crippen LogP contribution < -0.4 is 4.87 Å². The van der Waals surface area contributed by atoms with Gasteiger partial charge in [-0.1, -0.05) is 38.0 Å². The van der Waals surface area contributed by atoms with Gasteiger partial charge < -0.3 is 4.90 Å². The van der Waals surface area contributed by atoms with Crippen LogP contribution in [0, 0.1) is 25.2 Å². The Morgan fingerprint density at radius 3 is 2.45 bits per heavy atom. The molecule has 2 fully saturated rings. The number of thiazole rings is 1. The molecule has 1 saturated heterocycles. The average molecular weight is 322 g/mol. The van der Waals surface area contributed by atoms with E-state index in [0.29, 0.717) is 17.4 Å². The Morgan fingerprint density at radius 1 is 1.32 bits per heavy atom. The predicted octanol–water partition coefficient (Wildman–Crippen LogP) is 2.95. The Bertz CT molecular complexity index is 638. The molecule has 1 unspecified atom stereocenters. The minimum atomic E-state index is -0.0134. The van der Waals surface area contributed by atoms with Gasteiger partial charge in [0.2, 0.25) is 5.91 Å². The number of aryl methyl sites for hydroxylation is 1. The van der Waals surface area contributed by atoms with Crippen molar-refractivity contribution in [3.8, 4) is 0 Å². The molecular formula is C17H26N2O2S. The quantitative estimate of drug-likeness (QED) is 0.858. The summed E-state index contributed by atoms with van der Waals surface area (Å²) in [6.45, 7) is 9.40. The summed E-state index contributed by atoms with van der Waals surface area (Å²) in [6.07, 6.45) is 5.12. The molecule has 1 atom stereocenters. The first kappa shape index (κ1) is 15.8. The van der Waals surface area contributed by atoms with Gasteiger partial charge in [-0.05, 0) is 32.6 Å². The molecule has 0 aromatic carbocycles. The Morgan fingerprint density at radius 2 is 1.95 bits per heavy atom. The van der Waals surface area contributed by atoms with Crippen LogP contribution in [-0.2, 0) is 11.3 Å². The summed E-state index contributed by atoms with van der Waals surface area (Å²) in [6, 6.07) is 0.359. The van der Waals surface area contributed by atoms with E-state index in [4.69, 9.17) is 0 Å². The number of aromatic nitrogens is 1. The molecule has 1 aliphatic carbocycles. The fraction of sp³-hybridized carbons (Fsp3) is 0.765. The second-order valence-electron chi connectivity index (χ2n) is 7.38. The second kappa shape index (κ2) is 5.52. The fourth-order valence-electron chi connectivity index (χ4n) is 4.59. The number of amides is 1. The first-order valence-electron chi connectivity index (χ1n) is 8.32. The predicted molar refractivity (Wildman–Crippen MR) is 89.3 cm³/mol. The summed E-state index contributed by atoms with van der Waals surface area (Å²) in [4.78, 5) is 27.8. The number of likely N-dealkylation sites (tertiary alicyclic amines) is 1. The van der Waals surface area contributed by atoms with Crippen LogP contribution in [0.4, 0.5) is 0 Å². The molecule has 4 nitrogen and oxygen atoms in total. The van der Waals surface area contributed by atoms with E-state index in [9.17, 15) is 9.59 Å². The normalized spacial score (nSPS) is 23.3. The lowest BCUT2D eigenvalue weighted by atomic mass is 9.66. The van der Waals surface area contributed by atoms with Crippen molar-refractivity contribution in [3.63, 3.8) is 0 Å². The lowest BCUT2D eigenvalue weighted by molar-refractivity contribution is -0.160. The van der Waals surface area contributed by atoms with Gasteiger partial charge >= 0.3 is 4.87 Å². The summed E-state index contributed by atoms with van der Waals surface area (Å²) in [7, 11) is 0. The van der Waals surface area contributed by atoms with E-state index in [1.165, 1.54) is 37.0 Å². The average Bonchev–Trinajstić information content (AvgIpc) is 2.98. The number of carbonyl (C=O) groups excluding carboxylic acids is 1. The highest BCUT2D eigenvalue weighted by atomic mass is 32.1. The maximum atomic E-state index is 12.7. The molecule has 1 aromatic rings. The summed E-state index contributed by atoms with van der Waals surface area (Å²) < 4.78 is 1.64. The number of rotatable bonds is 3. The summed E-state index contributed by atoms with van der Waals surface area (Å²) in [5.41, 5.74) is 1.30. The number of hydrogen-bond acceptors (Lipinski definition) is 3. The highest BCUT2D eigenvalue weighted by Gasteiger charge is 2.55. The third kappa shape index (κ3) is 2.34. The lowest BCUT2D eigenvalue weighted by Gasteiger charge is -2.58. The molecule has 22 heavy (non-hydrogen) atoms. The lowest BCUT2D eigenvalue weighted by Crippen LogP contribution is -2.67. The molecule has 0 N–H and O–H groups in total. The van der Waals surface area contributed by atoms with E-state index in [1.807, 2.05) is 18.7 Å². The molecule has 0 radical (unpaired) electrons. The minimum Gasteiger partial charge on any atom is -0.337 e. The maximum absolute atomic E-state index is 12.7. The summed E-state index contributed by atoms with van der Waals surface area (Å²) in [5.74, 6) is 0.594. The first-order valence-corrected chi connectivity index (χ1v) is 9.14. The van der Waals surface area contributed by atoms with Gasteiger partial charge in [0, 0.05) is 28.6 Å². The van der Waals surface area contributed by atoms with Crippen molar-refractivity contribution in [1.82, 2.24) is 9.47 Å².